The molecule has 1 N–H and O–H groups in total. The van der Waals surface area contributed by atoms with Gasteiger partial charge < -0.3 is 14.7 Å². The minimum Gasteiger partial charge on any atom is -0.338 e. The van der Waals surface area contributed by atoms with Crippen molar-refractivity contribution in [2.45, 2.75) is 45.1 Å². The van der Waals surface area contributed by atoms with Crippen molar-refractivity contribution in [1.29, 1.82) is 0 Å². The summed E-state index contributed by atoms with van der Waals surface area (Å²) in [5, 5.41) is 7.35. The van der Waals surface area contributed by atoms with Gasteiger partial charge in [0, 0.05) is 25.6 Å². The van der Waals surface area contributed by atoms with Crippen LogP contribution in [0.5, 0.6) is 0 Å². The maximum Gasteiger partial charge on any atom is 0.266 e. The maximum atomic E-state index is 5.31. The number of aromatic nitrogens is 2. The number of hydrogen-bond acceptors (Lipinski definition) is 5. The summed E-state index contributed by atoms with van der Waals surface area (Å²) >= 11 is 0. The molecule has 1 fully saturated rings. The van der Waals surface area contributed by atoms with Crippen LogP contribution >= 0.6 is 0 Å². The molecule has 0 amide bonds. The smallest absolute Gasteiger partial charge is 0.266 e. The second-order valence-electron chi connectivity index (χ2n) is 4.66. The van der Waals surface area contributed by atoms with E-state index in [2.05, 4.69) is 27.3 Å². The average Bonchev–Trinajstić information content (AvgIpc) is 2.98. The van der Waals surface area contributed by atoms with Crippen molar-refractivity contribution < 1.29 is 4.52 Å². The van der Waals surface area contributed by atoms with Crippen LogP contribution < -0.4 is 10.2 Å². The minimum atomic E-state index is 0.437. The van der Waals surface area contributed by atoms with E-state index in [1.54, 1.807) is 0 Å². The summed E-state index contributed by atoms with van der Waals surface area (Å²) in [7, 11) is 1.98. The van der Waals surface area contributed by atoms with Gasteiger partial charge in [0.2, 0.25) is 5.89 Å². The van der Waals surface area contributed by atoms with Crippen LogP contribution in [0.2, 0.25) is 0 Å². The first kappa shape index (κ1) is 12.4. The molecule has 0 saturated carbocycles. The summed E-state index contributed by atoms with van der Waals surface area (Å²) < 4.78 is 5.31. The highest BCUT2D eigenvalue weighted by Crippen LogP contribution is 2.17. The fourth-order valence-electron chi connectivity index (χ4n) is 2.28. The molecule has 0 aliphatic carbocycles. The van der Waals surface area contributed by atoms with Gasteiger partial charge in [-0.2, -0.15) is 4.98 Å². The van der Waals surface area contributed by atoms with E-state index in [1.165, 1.54) is 19.3 Å². The Morgan fingerprint density at radius 1 is 1.41 bits per heavy atom. The fraction of sp³-hybridized carbons (Fsp3) is 0.833. The largest absolute Gasteiger partial charge is 0.338 e. The Morgan fingerprint density at radius 3 is 2.82 bits per heavy atom. The Bertz CT molecular complexity index is 333. The molecule has 1 aliphatic rings. The lowest BCUT2D eigenvalue weighted by Gasteiger charge is -2.12. The Hall–Kier alpha value is -1.10. The van der Waals surface area contributed by atoms with Crippen LogP contribution in [-0.4, -0.2) is 36.3 Å². The molecule has 17 heavy (non-hydrogen) atoms. The summed E-state index contributed by atoms with van der Waals surface area (Å²) in [5.41, 5.74) is 0. The van der Waals surface area contributed by atoms with E-state index in [0.717, 1.165) is 37.8 Å². The summed E-state index contributed by atoms with van der Waals surface area (Å²) in [4.78, 5) is 6.67. The van der Waals surface area contributed by atoms with Gasteiger partial charge in [0.15, 0.2) is 0 Å². The van der Waals surface area contributed by atoms with Crippen molar-refractivity contribution in [2.75, 3.05) is 25.0 Å². The molecule has 1 aromatic rings. The van der Waals surface area contributed by atoms with Crippen LogP contribution in [0.4, 0.5) is 5.95 Å². The summed E-state index contributed by atoms with van der Waals surface area (Å²) in [6.07, 6.45) is 5.60. The average molecular weight is 238 g/mol. The van der Waals surface area contributed by atoms with Crippen LogP contribution in [0.1, 0.15) is 38.5 Å². The standard InChI is InChI=1S/C12H22N4O/c1-3-6-10(13-2)9-11-14-12(15-17-11)16-7-4-5-8-16/h10,13H,3-9H2,1-2H3. The normalized spacial score (nSPS) is 17.6. The molecule has 0 spiro atoms. The molecule has 1 aliphatic heterocycles. The van der Waals surface area contributed by atoms with E-state index in [1.807, 2.05) is 7.05 Å². The van der Waals surface area contributed by atoms with Crippen molar-refractivity contribution >= 4 is 5.95 Å². The third-order valence-electron chi connectivity index (χ3n) is 3.31. The SMILES string of the molecule is CCCC(Cc1nc(N2CCCC2)no1)NC. The molecular formula is C12H22N4O. The second-order valence-corrected chi connectivity index (χ2v) is 4.66. The highest BCUT2D eigenvalue weighted by molar-refractivity contribution is 5.28. The summed E-state index contributed by atoms with van der Waals surface area (Å²) in [6.45, 7) is 4.31. The van der Waals surface area contributed by atoms with Gasteiger partial charge in [-0.15, -0.1) is 0 Å². The number of likely N-dealkylation sites (N-methyl/N-ethyl adjacent to an activating group) is 1. The predicted molar refractivity (Wildman–Crippen MR) is 67.2 cm³/mol. The van der Waals surface area contributed by atoms with Gasteiger partial charge in [-0.25, -0.2) is 0 Å². The quantitative estimate of drug-likeness (QED) is 0.816. The predicted octanol–water partition coefficient (Wildman–Crippen LogP) is 1.60. The number of nitrogens with one attached hydrogen (secondary N) is 1. The van der Waals surface area contributed by atoms with Gasteiger partial charge in [-0.05, 0) is 31.5 Å². The van der Waals surface area contributed by atoms with E-state index in [0.29, 0.717) is 6.04 Å². The molecule has 2 rings (SSSR count). The minimum absolute atomic E-state index is 0.437. The molecule has 96 valence electrons. The molecule has 2 heterocycles. The molecule has 5 nitrogen and oxygen atoms in total. The Labute approximate surface area is 103 Å². The van der Waals surface area contributed by atoms with E-state index in [4.69, 9.17) is 4.52 Å². The maximum absolute atomic E-state index is 5.31. The lowest BCUT2D eigenvalue weighted by atomic mass is 10.1. The lowest BCUT2D eigenvalue weighted by molar-refractivity contribution is 0.355. The molecule has 1 saturated heterocycles. The van der Waals surface area contributed by atoms with Gasteiger partial charge >= 0.3 is 0 Å². The zero-order valence-electron chi connectivity index (χ0n) is 10.8. The van der Waals surface area contributed by atoms with Crippen molar-refractivity contribution in [2.24, 2.45) is 0 Å². The van der Waals surface area contributed by atoms with Crippen LogP contribution in [0.3, 0.4) is 0 Å². The van der Waals surface area contributed by atoms with Gasteiger partial charge in [0.25, 0.3) is 5.95 Å². The van der Waals surface area contributed by atoms with Crippen molar-refractivity contribution in [1.82, 2.24) is 15.5 Å². The third kappa shape index (κ3) is 3.19. The zero-order valence-corrected chi connectivity index (χ0v) is 10.8. The highest BCUT2D eigenvalue weighted by Gasteiger charge is 2.19. The van der Waals surface area contributed by atoms with Crippen LogP contribution in [0.25, 0.3) is 0 Å². The summed E-state index contributed by atoms with van der Waals surface area (Å²) in [6, 6.07) is 0.437. The monoisotopic (exact) mass is 238 g/mol. The Morgan fingerprint density at radius 2 is 2.18 bits per heavy atom. The highest BCUT2D eigenvalue weighted by atomic mass is 16.5. The zero-order chi connectivity index (χ0) is 12.1. The Balaban J connectivity index is 1.92. The lowest BCUT2D eigenvalue weighted by Crippen LogP contribution is -2.27. The molecule has 0 aromatic carbocycles. The number of nitrogens with zero attached hydrogens (tertiary/aromatic N) is 3. The number of anilines is 1. The van der Waals surface area contributed by atoms with Crippen molar-refractivity contribution in [3.05, 3.63) is 5.89 Å². The number of hydrogen-bond donors (Lipinski definition) is 1. The molecule has 0 bridgehead atoms. The van der Waals surface area contributed by atoms with Crippen LogP contribution in [0.15, 0.2) is 4.52 Å². The van der Waals surface area contributed by atoms with Crippen molar-refractivity contribution in [3.8, 4) is 0 Å². The van der Waals surface area contributed by atoms with Gasteiger partial charge in [0.05, 0.1) is 0 Å². The van der Waals surface area contributed by atoms with Gasteiger partial charge in [0.1, 0.15) is 0 Å². The first-order valence-electron chi connectivity index (χ1n) is 6.58. The van der Waals surface area contributed by atoms with Crippen LogP contribution in [0, 0.1) is 0 Å². The summed E-state index contributed by atoms with van der Waals surface area (Å²) in [5.74, 6) is 1.52. The number of rotatable bonds is 6. The molecule has 1 atom stereocenters. The molecule has 1 aromatic heterocycles. The molecule has 5 heteroatoms. The molecule has 0 radical (unpaired) electrons. The molecular weight excluding hydrogens is 216 g/mol. The third-order valence-corrected chi connectivity index (χ3v) is 3.31. The Kier molecular flexibility index (Phi) is 4.36. The fourth-order valence-corrected chi connectivity index (χ4v) is 2.28. The van der Waals surface area contributed by atoms with E-state index in [9.17, 15) is 0 Å². The topological polar surface area (TPSA) is 54.2 Å². The van der Waals surface area contributed by atoms with Crippen LogP contribution in [-0.2, 0) is 6.42 Å². The first-order valence-corrected chi connectivity index (χ1v) is 6.58. The van der Waals surface area contributed by atoms with E-state index < -0.39 is 0 Å². The van der Waals surface area contributed by atoms with Gasteiger partial charge in [-0.1, -0.05) is 13.3 Å². The van der Waals surface area contributed by atoms with Crippen molar-refractivity contribution in [3.63, 3.8) is 0 Å². The first-order chi connectivity index (χ1) is 8.33. The van der Waals surface area contributed by atoms with E-state index >= 15 is 0 Å². The second kappa shape index (κ2) is 6.00. The molecule has 1 unspecified atom stereocenters. The van der Waals surface area contributed by atoms with Gasteiger partial charge in [-0.3, -0.25) is 0 Å². The van der Waals surface area contributed by atoms with E-state index in [-0.39, 0.29) is 0 Å².